The van der Waals surface area contributed by atoms with Gasteiger partial charge in [-0.25, -0.2) is 0 Å². The Labute approximate surface area is 74.9 Å². The Morgan fingerprint density at radius 1 is 0.900 bits per heavy atom. The van der Waals surface area contributed by atoms with Crippen molar-refractivity contribution >= 4 is 0 Å². The molecular formula is C4H11NO4Ti. The molecule has 0 aliphatic heterocycles. The van der Waals surface area contributed by atoms with E-state index in [1.807, 2.05) is 0 Å². The molecule has 0 aliphatic rings. The van der Waals surface area contributed by atoms with Crippen LogP contribution in [-0.2, 0) is 32.7 Å². The summed E-state index contributed by atoms with van der Waals surface area (Å²) in [5.41, 5.74) is 0. The van der Waals surface area contributed by atoms with Gasteiger partial charge in [-0.05, 0) is 0 Å². The SMILES string of the molecule is OCCNCCO.[O-2].[O-2].[Ti+4]. The molecule has 0 bridgehead atoms. The zero-order chi connectivity index (χ0) is 5.54. The van der Waals surface area contributed by atoms with Crippen molar-refractivity contribution in [1.82, 2.24) is 5.32 Å². The van der Waals surface area contributed by atoms with Gasteiger partial charge in [0.25, 0.3) is 0 Å². The first-order valence-electron chi connectivity index (χ1n) is 2.34. The molecule has 0 saturated heterocycles. The molecule has 0 heterocycles. The van der Waals surface area contributed by atoms with Crippen molar-refractivity contribution in [3.05, 3.63) is 0 Å². The number of aliphatic hydroxyl groups excluding tert-OH is 2. The number of hydrogen-bond donors (Lipinski definition) is 3. The Kier molecular flexibility index (Phi) is 50.9. The summed E-state index contributed by atoms with van der Waals surface area (Å²) in [6, 6.07) is 0. The summed E-state index contributed by atoms with van der Waals surface area (Å²) in [6.07, 6.45) is 0. The molecule has 0 aromatic heterocycles. The van der Waals surface area contributed by atoms with E-state index < -0.39 is 0 Å². The van der Waals surface area contributed by atoms with Gasteiger partial charge in [0.15, 0.2) is 0 Å². The maximum Gasteiger partial charge on any atom is 4.00 e. The monoisotopic (exact) mass is 185 g/mol. The van der Waals surface area contributed by atoms with Crippen LogP contribution in [-0.4, -0.2) is 36.5 Å². The fraction of sp³-hybridized carbons (Fsp3) is 1.00. The van der Waals surface area contributed by atoms with Crippen LogP contribution in [0, 0.1) is 0 Å². The van der Waals surface area contributed by atoms with E-state index in [0.717, 1.165) is 0 Å². The average molecular weight is 185 g/mol. The maximum atomic E-state index is 8.15. The molecule has 3 N–H and O–H groups in total. The van der Waals surface area contributed by atoms with E-state index in [0.29, 0.717) is 13.1 Å². The molecule has 0 saturated carbocycles. The first-order valence-corrected chi connectivity index (χ1v) is 2.34. The van der Waals surface area contributed by atoms with Crippen LogP contribution in [0.25, 0.3) is 0 Å². The van der Waals surface area contributed by atoms with E-state index in [1.54, 1.807) is 0 Å². The normalized spacial score (nSPS) is 6.60. The van der Waals surface area contributed by atoms with Crippen molar-refractivity contribution < 1.29 is 42.9 Å². The number of rotatable bonds is 4. The first kappa shape index (κ1) is 22.4. The van der Waals surface area contributed by atoms with Crippen LogP contribution in [0.2, 0.25) is 0 Å². The molecule has 0 spiro atoms. The molecule has 60 valence electrons. The van der Waals surface area contributed by atoms with Gasteiger partial charge in [-0.3, -0.25) is 0 Å². The molecular weight excluding hydrogens is 174 g/mol. The van der Waals surface area contributed by atoms with Gasteiger partial charge in [-0.1, -0.05) is 0 Å². The second-order valence-electron chi connectivity index (χ2n) is 1.20. The molecule has 0 rings (SSSR count). The van der Waals surface area contributed by atoms with Crippen LogP contribution in [0.3, 0.4) is 0 Å². The molecule has 0 radical (unpaired) electrons. The topological polar surface area (TPSA) is 109 Å². The Morgan fingerprint density at radius 2 is 1.20 bits per heavy atom. The quantitative estimate of drug-likeness (QED) is 0.359. The number of nitrogens with one attached hydrogen (secondary N) is 1. The van der Waals surface area contributed by atoms with Gasteiger partial charge < -0.3 is 26.5 Å². The van der Waals surface area contributed by atoms with Gasteiger partial charge in [-0.2, -0.15) is 0 Å². The van der Waals surface area contributed by atoms with E-state index in [9.17, 15) is 0 Å². The number of hydrogen-bond acceptors (Lipinski definition) is 3. The van der Waals surface area contributed by atoms with Gasteiger partial charge in [0.2, 0.25) is 0 Å². The van der Waals surface area contributed by atoms with Crippen molar-refractivity contribution in [2.75, 3.05) is 26.3 Å². The van der Waals surface area contributed by atoms with Gasteiger partial charge in [0.05, 0.1) is 13.2 Å². The predicted molar refractivity (Wildman–Crippen MR) is 28.4 cm³/mol. The van der Waals surface area contributed by atoms with Crippen molar-refractivity contribution in [2.45, 2.75) is 0 Å². The number of aliphatic hydroxyl groups is 2. The maximum absolute atomic E-state index is 8.15. The van der Waals surface area contributed by atoms with Crippen LogP contribution >= 0.6 is 0 Å². The molecule has 0 aromatic rings. The Bertz CT molecular complexity index is 36.4. The predicted octanol–water partition coefficient (Wildman–Crippen LogP) is -1.68. The summed E-state index contributed by atoms with van der Waals surface area (Å²) >= 11 is 0. The molecule has 5 nitrogen and oxygen atoms in total. The minimum absolute atomic E-state index is 0. The van der Waals surface area contributed by atoms with E-state index >= 15 is 0 Å². The first-order chi connectivity index (χ1) is 3.41. The second kappa shape index (κ2) is 22.7. The Hall–Kier alpha value is 0.514. The van der Waals surface area contributed by atoms with E-state index in [-0.39, 0.29) is 45.9 Å². The van der Waals surface area contributed by atoms with Gasteiger partial charge in [0, 0.05) is 13.1 Å². The molecule has 0 aliphatic carbocycles. The summed E-state index contributed by atoms with van der Waals surface area (Å²) in [7, 11) is 0. The molecule has 0 fully saturated rings. The third-order valence-electron chi connectivity index (χ3n) is 0.577. The van der Waals surface area contributed by atoms with E-state index in [1.165, 1.54) is 0 Å². The molecule has 0 aromatic carbocycles. The summed E-state index contributed by atoms with van der Waals surface area (Å²) in [4.78, 5) is 0. The minimum atomic E-state index is 0. The molecule has 6 heteroatoms. The van der Waals surface area contributed by atoms with E-state index in [2.05, 4.69) is 5.32 Å². The molecule has 0 amide bonds. The largest absolute Gasteiger partial charge is 4.00 e. The third kappa shape index (κ3) is 23.6. The zero-order valence-electron chi connectivity index (χ0n) is 5.54. The van der Waals surface area contributed by atoms with Crippen LogP contribution in [0.4, 0.5) is 0 Å². The zero-order valence-corrected chi connectivity index (χ0v) is 7.10. The van der Waals surface area contributed by atoms with Crippen molar-refractivity contribution in [3.8, 4) is 0 Å². The fourth-order valence-electron chi connectivity index (χ4n) is 0.283. The van der Waals surface area contributed by atoms with Gasteiger partial charge >= 0.3 is 21.7 Å². The summed E-state index contributed by atoms with van der Waals surface area (Å²) < 4.78 is 0. The van der Waals surface area contributed by atoms with Crippen molar-refractivity contribution in [3.63, 3.8) is 0 Å². The summed E-state index contributed by atoms with van der Waals surface area (Å²) in [5.74, 6) is 0. The molecule has 0 unspecified atom stereocenters. The van der Waals surface area contributed by atoms with Crippen molar-refractivity contribution in [2.24, 2.45) is 0 Å². The summed E-state index contributed by atoms with van der Waals surface area (Å²) in [5, 5.41) is 19.1. The third-order valence-corrected chi connectivity index (χ3v) is 0.577. The Morgan fingerprint density at radius 3 is 1.40 bits per heavy atom. The van der Waals surface area contributed by atoms with Crippen LogP contribution < -0.4 is 5.32 Å². The molecule has 10 heavy (non-hydrogen) atoms. The van der Waals surface area contributed by atoms with Crippen LogP contribution in [0.15, 0.2) is 0 Å². The van der Waals surface area contributed by atoms with Crippen LogP contribution in [0.1, 0.15) is 0 Å². The van der Waals surface area contributed by atoms with E-state index in [4.69, 9.17) is 10.2 Å². The average Bonchev–Trinajstić information content (AvgIpc) is 1.69. The summed E-state index contributed by atoms with van der Waals surface area (Å²) in [6.45, 7) is 1.42. The van der Waals surface area contributed by atoms with Gasteiger partial charge in [0.1, 0.15) is 0 Å². The Balaban J connectivity index is -0.0000000600. The molecule has 0 atom stereocenters. The standard InChI is InChI=1S/C4H11NO2.2O.Ti/c6-3-1-5-2-4-7;;;/h5-7H,1-4H2;;;/q;2*-2;+4. The smallest absolute Gasteiger partial charge is 2.00 e. The fourth-order valence-corrected chi connectivity index (χ4v) is 0.283. The van der Waals surface area contributed by atoms with Crippen molar-refractivity contribution in [1.29, 1.82) is 0 Å². The van der Waals surface area contributed by atoms with Crippen LogP contribution in [0.5, 0.6) is 0 Å². The van der Waals surface area contributed by atoms with Gasteiger partial charge in [-0.15, -0.1) is 0 Å². The second-order valence-corrected chi connectivity index (χ2v) is 1.20. The minimum Gasteiger partial charge on any atom is -2.00 e.